The van der Waals surface area contributed by atoms with Crippen LogP contribution in [0.25, 0.3) is 11.0 Å². The highest BCUT2D eigenvalue weighted by molar-refractivity contribution is 5.85. The summed E-state index contributed by atoms with van der Waals surface area (Å²) in [5, 5.41) is 4.15. The number of ether oxygens (including phenoxy) is 1. The highest BCUT2D eigenvalue weighted by atomic mass is 35.5. The van der Waals surface area contributed by atoms with Gasteiger partial charge in [0.1, 0.15) is 11.3 Å². The van der Waals surface area contributed by atoms with E-state index in [2.05, 4.69) is 5.32 Å². The van der Waals surface area contributed by atoms with Crippen molar-refractivity contribution in [2.45, 2.75) is 32.7 Å². The molecule has 2 heterocycles. The number of benzene rings is 1. The molecule has 1 aromatic carbocycles. The first kappa shape index (κ1) is 20.3. The lowest BCUT2D eigenvalue weighted by Gasteiger charge is -2.34. The summed E-state index contributed by atoms with van der Waals surface area (Å²) in [7, 11) is 1.57. The minimum atomic E-state index is -0.376. The van der Waals surface area contributed by atoms with E-state index < -0.39 is 0 Å². The number of halogens is 1. The fourth-order valence-electron chi connectivity index (χ4n) is 3.38. The fourth-order valence-corrected chi connectivity index (χ4v) is 3.38. The molecule has 1 aliphatic rings. The summed E-state index contributed by atoms with van der Waals surface area (Å²) in [5.74, 6) is 0.730. The third-order valence-electron chi connectivity index (χ3n) is 4.91. The van der Waals surface area contributed by atoms with Gasteiger partial charge in [0.25, 0.3) is 0 Å². The predicted molar refractivity (Wildman–Crippen MR) is 103 cm³/mol. The minimum Gasteiger partial charge on any atom is -0.497 e. The Kier molecular flexibility index (Phi) is 6.67. The van der Waals surface area contributed by atoms with Crippen LogP contribution >= 0.6 is 12.4 Å². The van der Waals surface area contributed by atoms with Crippen molar-refractivity contribution in [3.8, 4) is 5.75 Å². The summed E-state index contributed by atoms with van der Waals surface area (Å²) in [5.41, 5.74) is 1.58. The summed E-state index contributed by atoms with van der Waals surface area (Å²) >= 11 is 0. The molecule has 0 saturated carbocycles. The Morgan fingerprint density at radius 1 is 1.42 bits per heavy atom. The van der Waals surface area contributed by atoms with E-state index in [1.165, 1.54) is 0 Å². The van der Waals surface area contributed by atoms with Gasteiger partial charge in [0, 0.05) is 49.1 Å². The molecule has 0 bridgehead atoms. The van der Waals surface area contributed by atoms with Crippen molar-refractivity contribution in [3.63, 3.8) is 0 Å². The van der Waals surface area contributed by atoms with Crippen molar-refractivity contribution >= 4 is 29.3 Å². The van der Waals surface area contributed by atoms with Crippen molar-refractivity contribution < 1.29 is 13.9 Å². The number of nitrogens with one attached hydrogen (secondary N) is 1. The Bertz CT molecular complexity index is 849. The molecule has 142 valence electrons. The van der Waals surface area contributed by atoms with Gasteiger partial charge in [-0.3, -0.25) is 4.79 Å². The van der Waals surface area contributed by atoms with Gasteiger partial charge in [0.15, 0.2) is 0 Å². The monoisotopic (exact) mass is 380 g/mol. The normalized spacial score (nSPS) is 17.0. The van der Waals surface area contributed by atoms with Crippen LogP contribution in [0, 0.1) is 6.92 Å². The fraction of sp³-hybridized carbons (Fsp3) is 0.474. The molecule has 1 N–H and O–H groups in total. The maximum atomic E-state index is 12.5. The lowest BCUT2D eigenvalue weighted by atomic mass is 10.0. The van der Waals surface area contributed by atoms with Gasteiger partial charge in [-0.25, -0.2) is 4.79 Å². The van der Waals surface area contributed by atoms with Crippen molar-refractivity contribution in [2.75, 3.05) is 26.7 Å². The number of methoxy groups -OCH3 is 1. The Labute approximate surface area is 158 Å². The van der Waals surface area contributed by atoms with E-state index in [0.717, 1.165) is 24.0 Å². The Morgan fingerprint density at radius 2 is 2.19 bits per heavy atom. The summed E-state index contributed by atoms with van der Waals surface area (Å²) in [6.45, 7) is 6.27. The maximum absolute atomic E-state index is 12.5. The Hall–Kier alpha value is -2.05. The van der Waals surface area contributed by atoms with E-state index in [4.69, 9.17) is 9.15 Å². The van der Waals surface area contributed by atoms with E-state index >= 15 is 0 Å². The average molecular weight is 381 g/mol. The molecule has 0 aliphatic carbocycles. The number of nitrogens with zero attached hydrogens (tertiary/aromatic N) is 1. The van der Waals surface area contributed by atoms with Gasteiger partial charge < -0.3 is 19.4 Å². The molecule has 26 heavy (non-hydrogen) atoms. The molecule has 0 spiro atoms. The molecular formula is C19H25ClN2O4. The standard InChI is InChI=1S/C19H24N2O4.ClH/c1-12-11-20-8-9-21(12)18(22)7-6-16-13(2)15-5-4-14(24-3)10-17(15)25-19(16)23;/h4-5,10,12,20H,6-9,11H2,1-3H3;1H/t12-;/m1./s1. The number of piperazine rings is 1. The molecule has 1 aromatic heterocycles. The van der Waals surface area contributed by atoms with Gasteiger partial charge in [0.2, 0.25) is 5.91 Å². The lowest BCUT2D eigenvalue weighted by Crippen LogP contribution is -2.52. The van der Waals surface area contributed by atoms with Crippen LogP contribution in [-0.4, -0.2) is 43.6 Å². The predicted octanol–water partition coefficient (Wildman–Crippen LogP) is 2.28. The molecule has 7 heteroatoms. The molecule has 1 atom stereocenters. The molecule has 0 radical (unpaired) electrons. The second-order valence-electron chi connectivity index (χ2n) is 6.50. The van der Waals surface area contributed by atoms with E-state index in [1.54, 1.807) is 13.2 Å². The van der Waals surface area contributed by atoms with Crippen LogP contribution in [0.1, 0.15) is 24.5 Å². The zero-order chi connectivity index (χ0) is 18.0. The number of fused-ring (bicyclic) bond motifs is 1. The zero-order valence-electron chi connectivity index (χ0n) is 15.3. The molecule has 6 nitrogen and oxygen atoms in total. The van der Waals surface area contributed by atoms with Crippen molar-refractivity contribution in [3.05, 3.63) is 39.7 Å². The van der Waals surface area contributed by atoms with Crippen LogP contribution < -0.4 is 15.7 Å². The van der Waals surface area contributed by atoms with Crippen LogP contribution in [-0.2, 0) is 11.2 Å². The van der Waals surface area contributed by atoms with Gasteiger partial charge in [-0.2, -0.15) is 0 Å². The Morgan fingerprint density at radius 3 is 2.88 bits per heavy atom. The first-order valence-corrected chi connectivity index (χ1v) is 8.61. The zero-order valence-corrected chi connectivity index (χ0v) is 16.1. The molecule has 1 saturated heterocycles. The summed E-state index contributed by atoms with van der Waals surface area (Å²) in [6, 6.07) is 5.62. The smallest absolute Gasteiger partial charge is 0.339 e. The molecule has 1 aliphatic heterocycles. The van der Waals surface area contributed by atoms with E-state index in [1.807, 2.05) is 30.9 Å². The van der Waals surface area contributed by atoms with Gasteiger partial charge >= 0.3 is 5.63 Å². The number of carbonyl (C=O) groups is 1. The van der Waals surface area contributed by atoms with Crippen LogP contribution in [0.15, 0.2) is 27.4 Å². The highest BCUT2D eigenvalue weighted by Gasteiger charge is 2.23. The second-order valence-corrected chi connectivity index (χ2v) is 6.50. The third-order valence-corrected chi connectivity index (χ3v) is 4.91. The van der Waals surface area contributed by atoms with Crippen molar-refractivity contribution in [2.24, 2.45) is 0 Å². The number of rotatable bonds is 4. The van der Waals surface area contributed by atoms with E-state index in [-0.39, 0.29) is 30.0 Å². The first-order valence-electron chi connectivity index (χ1n) is 8.61. The summed E-state index contributed by atoms with van der Waals surface area (Å²) in [6.07, 6.45) is 0.712. The van der Waals surface area contributed by atoms with Crippen LogP contribution in [0.5, 0.6) is 5.75 Å². The highest BCUT2D eigenvalue weighted by Crippen LogP contribution is 2.24. The number of carbonyl (C=O) groups excluding carboxylic acids is 1. The number of hydrogen-bond donors (Lipinski definition) is 1. The molecule has 2 aromatic rings. The number of hydrogen-bond acceptors (Lipinski definition) is 5. The SMILES string of the molecule is COc1ccc2c(C)c(CCC(=O)N3CCNC[C@H]3C)c(=O)oc2c1.Cl. The molecular weight excluding hydrogens is 356 g/mol. The van der Waals surface area contributed by atoms with Gasteiger partial charge in [-0.15, -0.1) is 12.4 Å². The van der Waals surface area contributed by atoms with Crippen molar-refractivity contribution in [1.29, 1.82) is 0 Å². The van der Waals surface area contributed by atoms with Crippen molar-refractivity contribution in [1.82, 2.24) is 10.2 Å². The molecule has 1 amide bonds. The number of amides is 1. The van der Waals surface area contributed by atoms with E-state index in [0.29, 0.717) is 36.3 Å². The first-order chi connectivity index (χ1) is 12.0. The minimum absolute atomic E-state index is 0. The lowest BCUT2D eigenvalue weighted by molar-refractivity contribution is -0.133. The Balaban J connectivity index is 0.00000243. The van der Waals surface area contributed by atoms with Gasteiger partial charge in [0.05, 0.1) is 7.11 Å². The quantitative estimate of drug-likeness (QED) is 0.824. The molecule has 1 fully saturated rings. The summed E-state index contributed by atoms with van der Waals surface area (Å²) in [4.78, 5) is 26.8. The third kappa shape index (κ3) is 4.02. The maximum Gasteiger partial charge on any atom is 0.339 e. The molecule has 0 unspecified atom stereocenters. The molecule has 3 rings (SSSR count). The van der Waals surface area contributed by atoms with E-state index in [9.17, 15) is 9.59 Å². The largest absolute Gasteiger partial charge is 0.497 e. The van der Waals surface area contributed by atoms with Crippen LogP contribution in [0.4, 0.5) is 0 Å². The summed E-state index contributed by atoms with van der Waals surface area (Å²) < 4.78 is 10.6. The topological polar surface area (TPSA) is 71.8 Å². The second kappa shape index (κ2) is 8.56. The van der Waals surface area contributed by atoms with Gasteiger partial charge in [-0.05, 0) is 38.0 Å². The van der Waals surface area contributed by atoms with Crippen LogP contribution in [0.3, 0.4) is 0 Å². The number of aryl methyl sites for hydroxylation is 1. The van der Waals surface area contributed by atoms with Crippen LogP contribution in [0.2, 0.25) is 0 Å². The average Bonchev–Trinajstić information content (AvgIpc) is 2.61. The van der Waals surface area contributed by atoms with Gasteiger partial charge in [-0.1, -0.05) is 0 Å².